The molecule has 0 aromatic heterocycles. The first-order valence-electron chi connectivity index (χ1n) is 10.8. The van der Waals surface area contributed by atoms with Crippen LogP contribution < -0.4 is 0 Å². The largest absolute Gasteiger partial charge is 0.298 e. The summed E-state index contributed by atoms with van der Waals surface area (Å²) in [7, 11) is 0. The Labute approximate surface area is 152 Å². The topological polar surface area (TPSA) is 6.48 Å². The maximum absolute atomic E-state index is 2.76. The summed E-state index contributed by atoms with van der Waals surface area (Å²) < 4.78 is 0. The van der Waals surface area contributed by atoms with E-state index in [4.69, 9.17) is 0 Å². The molecule has 0 spiro atoms. The lowest BCUT2D eigenvalue weighted by atomic mass is 9.77. The number of hydrogen-bond donors (Lipinski definition) is 0. The molecule has 0 amide bonds. The van der Waals surface area contributed by atoms with E-state index in [2.05, 4.69) is 51.3 Å². The van der Waals surface area contributed by atoms with Gasteiger partial charge in [0.25, 0.3) is 0 Å². The third kappa shape index (κ3) is 6.02. The Morgan fingerprint density at radius 2 is 1.54 bits per heavy atom. The van der Waals surface area contributed by atoms with Crippen molar-refractivity contribution in [1.82, 2.24) is 9.80 Å². The zero-order valence-electron chi connectivity index (χ0n) is 17.5. The third-order valence-corrected chi connectivity index (χ3v) is 6.64. The number of rotatable bonds is 7. The minimum Gasteiger partial charge on any atom is -0.298 e. The summed E-state index contributed by atoms with van der Waals surface area (Å²) in [6.07, 6.45) is 10.3. The fraction of sp³-hybridized carbons (Fsp3) is 1.00. The highest BCUT2D eigenvalue weighted by atomic mass is 15.3. The van der Waals surface area contributed by atoms with E-state index in [0.29, 0.717) is 11.6 Å². The highest BCUT2D eigenvalue weighted by Crippen LogP contribution is 2.35. The predicted molar refractivity (Wildman–Crippen MR) is 106 cm³/mol. The molecule has 0 radical (unpaired) electrons. The highest BCUT2D eigenvalue weighted by molar-refractivity contribution is 4.91. The van der Waals surface area contributed by atoms with Crippen molar-refractivity contribution in [2.45, 2.75) is 98.1 Å². The van der Waals surface area contributed by atoms with Gasteiger partial charge in [-0.25, -0.2) is 0 Å². The Hall–Kier alpha value is -0.0800. The van der Waals surface area contributed by atoms with Crippen LogP contribution in [0.1, 0.15) is 86.5 Å². The summed E-state index contributed by atoms with van der Waals surface area (Å²) in [5.41, 5.74) is 0.345. The van der Waals surface area contributed by atoms with Crippen LogP contribution in [0, 0.1) is 17.8 Å². The van der Waals surface area contributed by atoms with Crippen LogP contribution in [0.2, 0.25) is 0 Å². The van der Waals surface area contributed by atoms with E-state index in [9.17, 15) is 0 Å². The first kappa shape index (κ1) is 20.2. The fourth-order valence-corrected chi connectivity index (χ4v) is 5.08. The Balaban J connectivity index is 1.66. The second-order valence-electron chi connectivity index (χ2n) is 10.0. The number of hydrogen-bond acceptors (Lipinski definition) is 2. The van der Waals surface area contributed by atoms with E-state index in [1.54, 1.807) is 0 Å². The molecule has 142 valence electrons. The van der Waals surface area contributed by atoms with Gasteiger partial charge in [-0.3, -0.25) is 9.80 Å². The van der Waals surface area contributed by atoms with Crippen molar-refractivity contribution >= 4 is 0 Å². The molecule has 2 fully saturated rings. The molecule has 1 saturated carbocycles. The molecular weight excluding hydrogens is 292 g/mol. The zero-order chi connectivity index (χ0) is 17.7. The van der Waals surface area contributed by atoms with E-state index in [1.165, 1.54) is 71.1 Å². The van der Waals surface area contributed by atoms with Crippen LogP contribution in [-0.4, -0.2) is 47.6 Å². The molecule has 2 heteroatoms. The number of nitrogens with zero attached hydrogens (tertiary/aromatic N) is 2. The third-order valence-electron chi connectivity index (χ3n) is 6.64. The van der Waals surface area contributed by atoms with Crippen molar-refractivity contribution in [2.24, 2.45) is 17.8 Å². The van der Waals surface area contributed by atoms with Crippen LogP contribution in [0.3, 0.4) is 0 Å². The first-order chi connectivity index (χ1) is 11.3. The van der Waals surface area contributed by atoms with Gasteiger partial charge in [0.05, 0.1) is 0 Å². The van der Waals surface area contributed by atoms with Gasteiger partial charge in [-0.05, 0) is 71.3 Å². The van der Waals surface area contributed by atoms with Crippen molar-refractivity contribution in [3.05, 3.63) is 0 Å². The molecule has 0 bridgehead atoms. The Kier molecular flexibility index (Phi) is 7.61. The van der Waals surface area contributed by atoms with E-state index >= 15 is 0 Å². The molecule has 0 unspecified atom stereocenters. The summed E-state index contributed by atoms with van der Waals surface area (Å²) in [6.45, 7) is 19.4. The SMILES string of the molecule is CC(C)CC1CCC(CCCN2CCN(C(C)C)CC2(C)C)CC1. The van der Waals surface area contributed by atoms with Gasteiger partial charge in [0, 0.05) is 31.2 Å². The molecule has 24 heavy (non-hydrogen) atoms. The normalized spacial score (nSPS) is 29.5. The lowest BCUT2D eigenvalue weighted by Gasteiger charge is -2.48. The highest BCUT2D eigenvalue weighted by Gasteiger charge is 2.34. The number of piperazine rings is 1. The van der Waals surface area contributed by atoms with Crippen molar-refractivity contribution in [1.29, 1.82) is 0 Å². The smallest absolute Gasteiger partial charge is 0.0280 e. The monoisotopic (exact) mass is 336 g/mol. The Morgan fingerprint density at radius 1 is 0.917 bits per heavy atom. The predicted octanol–water partition coefficient (Wildman–Crippen LogP) is 5.42. The van der Waals surface area contributed by atoms with Crippen LogP contribution >= 0.6 is 0 Å². The lowest BCUT2D eigenvalue weighted by Crippen LogP contribution is -2.60. The average molecular weight is 337 g/mol. The van der Waals surface area contributed by atoms with Crippen LogP contribution in [0.5, 0.6) is 0 Å². The van der Waals surface area contributed by atoms with Crippen molar-refractivity contribution in [3.8, 4) is 0 Å². The second kappa shape index (κ2) is 9.03. The van der Waals surface area contributed by atoms with Gasteiger partial charge in [-0.2, -0.15) is 0 Å². The van der Waals surface area contributed by atoms with Crippen LogP contribution in [0.15, 0.2) is 0 Å². The van der Waals surface area contributed by atoms with Crippen molar-refractivity contribution in [3.63, 3.8) is 0 Å². The quantitative estimate of drug-likeness (QED) is 0.612. The fourth-order valence-electron chi connectivity index (χ4n) is 5.08. The van der Waals surface area contributed by atoms with Crippen LogP contribution in [0.4, 0.5) is 0 Å². The molecule has 0 N–H and O–H groups in total. The zero-order valence-corrected chi connectivity index (χ0v) is 17.5. The molecule has 1 saturated heterocycles. The van der Waals surface area contributed by atoms with Gasteiger partial charge in [-0.1, -0.05) is 39.5 Å². The van der Waals surface area contributed by atoms with Gasteiger partial charge in [0.1, 0.15) is 0 Å². The van der Waals surface area contributed by atoms with E-state index < -0.39 is 0 Å². The Bertz CT molecular complexity index is 353. The van der Waals surface area contributed by atoms with Crippen LogP contribution in [-0.2, 0) is 0 Å². The van der Waals surface area contributed by atoms with Crippen molar-refractivity contribution in [2.75, 3.05) is 26.2 Å². The molecule has 1 aliphatic carbocycles. The van der Waals surface area contributed by atoms with Gasteiger partial charge in [0.2, 0.25) is 0 Å². The Morgan fingerprint density at radius 3 is 2.08 bits per heavy atom. The van der Waals surface area contributed by atoms with Crippen LogP contribution in [0.25, 0.3) is 0 Å². The maximum atomic E-state index is 2.76. The van der Waals surface area contributed by atoms with Crippen molar-refractivity contribution < 1.29 is 0 Å². The summed E-state index contributed by atoms with van der Waals surface area (Å²) in [5.74, 6) is 2.94. The average Bonchev–Trinajstić information content (AvgIpc) is 2.49. The van der Waals surface area contributed by atoms with Gasteiger partial charge < -0.3 is 0 Å². The van der Waals surface area contributed by atoms with E-state index in [0.717, 1.165) is 17.8 Å². The maximum Gasteiger partial charge on any atom is 0.0280 e. The molecule has 0 atom stereocenters. The molecule has 2 nitrogen and oxygen atoms in total. The van der Waals surface area contributed by atoms with Gasteiger partial charge >= 0.3 is 0 Å². The minimum absolute atomic E-state index is 0.345. The van der Waals surface area contributed by atoms with E-state index in [-0.39, 0.29) is 0 Å². The first-order valence-corrected chi connectivity index (χ1v) is 10.8. The summed E-state index contributed by atoms with van der Waals surface area (Å²) >= 11 is 0. The molecule has 1 aliphatic heterocycles. The second-order valence-corrected chi connectivity index (χ2v) is 10.0. The standard InChI is InChI=1S/C22H44N2/c1-18(2)16-21-11-9-20(10-12-21)8-7-13-24-15-14-23(19(3)4)17-22(24,5)6/h18-21H,7-17H2,1-6H3. The molecular formula is C22H44N2. The molecule has 1 heterocycles. The molecule has 2 aliphatic rings. The van der Waals surface area contributed by atoms with Gasteiger partial charge in [-0.15, -0.1) is 0 Å². The molecule has 2 rings (SSSR count). The molecule has 0 aromatic carbocycles. The lowest BCUT2D eigenvalue weighted by molar-refractivity contribution is 0.00448. The van der Waals surface area contributed by atoms with Gasteiger partial charge in [0.15, 0.2) is 0 Å². The minimum atomic E-state index is 0.345. The summed E-state index contributed by atoms with van der Waals surface area (Å²) in [4.78, 5) is 5.41. The molecule has 0 aromatic rings. The summed E-state index contributed by atoms with van der Waals surface area (Å²) in [5, 5.41) is 0. The van der Waals surface area contributed by atoms with E-state index in [1.807, 2.05) is 0 Å². The summed E-state index contributed by atoms with van der Waals surface area (Å²) in [6, 6.07) is 0.687.